The van der Waals surface area contributed by atoms with E-state index in [0.29, 0.717) is 13.0 Å². The van der Waals surface area contributed by atoms with Crippen LogP contribution in [-0.2, 0) is 17.8 Å². The number of amides is 1. The Morgan fingerprint density at radius 1 is 1.26 bits per heavy atom. The number of carbonyl (C=O) groups is 1. The highest BCUT2D eigenvalue weighted by molar-refractivity contribution is 7.09. The van der Waals surface area contributed by atoms with Gasteiger partial charge in [-0.2, -0.15) is 0 Å². The van der Waals surface area contributed by atoms with Gasteiger partial charge in [-0.25, -0.2) is 4.98 Å². The molecule has 1 aromatic carbocycles. The van der Waals surface area contributed by atoms with E-state index >= 15 is 0 Å². The predicted octanol–water partition coefficient (Wildman–Crippen LogP) is 2.56. The average molecular weight is 386 g/mol. The number of nitrogens with zero attached hydrogens (tertiary/aromatic N) is 3. The number of hydrogen-bond donors (Lipinski definition) is 1. The van der Waals surface area contributed by atoms with Crippen LogP contribution in [-0.4, -0.2) is 58.1 Å². The molecule has 2 saturated heterocycles. The second-order valence-electron chi connectivity index (χ2n) is 7.88. The second-order valence-corrected chi connectivity index (χ2v) is 8.86. The van der Waals surface area contributed by atoms with Gasteiger partial charge >= 0.3 is 0 Å². The van der Waals surface area contributed by atoms with Gasteiger partial charge in [0.15, 0.2) is 0 Å². The number of hydrogen-bond acceptors (Lipinski definition) is 5. The summed E-state index contributed by atoms with van der Waals surface area (Å²) in [5.74, 6) is 0.171. The third kappa shape index (κ3) is 4.23. The number of likely N-dealkylation sites (tertiary alicyclic amines) is 2. The van der Waals surface area contributed by atoms with Gasteiger partial charge in [0.1, 0.15) is 5.01 Å². The molecule has 4 rings (SSSR count). The molecule has 0 bridgehead atoms. The number of aliphatic hydroxyl groups excluding tert-OH is 1. The Balaban J connectivity index is 1.43. The number of carbonyl (C=O) groups excluding carboxylic acids is 1. The molecule has 3 heterocycles. The first-order valence-electron chi connectivity index (χ1n) is 9.75. The molecular formula is C21H27N3O2S. The van der Waals surface area contributed by atoms with Gasteiger partial charge in [-0.15, -0.1) is 11.3 Å². The molecule has 1 aromatic heterocycles. The summed E-state index contributed by atoms with van der Waals surface area (Å²) in [6, 6.07) is 9.92. The van der Waals surface area contributed by atoms with Gasteiger partial charge in [0.2, 0.25) is 5.91 Å². The minimum absolute atomic E-state index is 0.171. The molecule has 2 aliphatic heterocycles. The summed E-state index contributed by atoms with van der Waals surface area (Å²) in [6.45, 7) is 4.02. The van der Waals surface area contributed by atoms with Gasteiger partial charge in [-0.1, -0.05) is 30.3 Å². The van der Waals surface area contributed by atoms with Crippen LogP contribution in [0.5, 0.6) is 0 Å². The highest BCUT2D eigenvalue weighted by atomic mass is 32.1. The minimum atomic E-state index is -0.336. The van der Waals surface area contributed by atoms with Crippen LogP contribution >= 0.6 is 11.3 Å². The van der Waals surface area contributed by atoms with Crippen molar-refractivity contribution in [1.82, 2.24) is 14.8 Å². The molecule has 6 heteroatoms. The van der Waals surface area contributed by atoms with Gasteiger partial charge in [-0.05, 0) is 24.8 Å². The molecule has 1 N–H and O–H groups in total. The molecule has 2 aliphatic rings. The lowest BCUT2D eigenvalue weighted by atomic mass is 9.71. The van der Waals surface area contributed by atoms with Crippen molar-refractivity contribution in [2.45, 2.75) is 38.3 Å². The molecule has 27 heavy (non-hydrogen) atoms. The fraction of sp³-hybridized carbons (Fsp3) is 0.524. The molecule has 0 saturated carbocycles. The molecule has 0 radical (unpaired) electrons. The number of aromatic nitrogens is 1. The molecule has 1 spiro atoms. The SMILES string of the molecule is O=C(Cc1ccccc1)N1CCC[C@@]2(CN(Cc3nccs3)CC[C@H]2O)C1. The molecule has 5 nitrogen and oxygen atoms in total. The third-order valence-electron chi connectivity index (χ3n) is 5.97. The van der Waals surface area contributed by atoms with E-state index in [9.17, 15) is 9.90 Å². The molecule has 1 amide bonds. The van der Waals surface area contributed by atoms with E-state index in [4.69, 9.17) is 0 Å². The predicted molar refractivity (Wildman–Crippen MR) is 106 cm³/mol. The van der Waals surface area contributed by atoms with E-state index in [2.05, 4.69) is 9.88 Å². The minimum Gasteiger partial charge on any atom is -0.392 e. The number of rotatable bonds is 4. The first-order valence-corrected chi connectivity index (χ1v) is 10.6. The maximum Gasteiger partial charge on any atom is 0.227 e. The number of piperidine rings is 2. The molecule has 2 atom stereocenters. The lowest BCUT2D eigenvalue weighted by Crippen LogP contribution is -2.59. The van der Waals surface area contributed by atoms with Crippen molar-refractivity contribution < 1.29 is 9.90 Å². The van der Waals surface area contributed by atoms with E-state index in [1.807, 2.05) is 46.8 Å². The first-order chi connectivity index (χ1) is 13.1. The number of aliphatic hydroxyl groups is 1. The fourth-order valence-corrected chi connectivity index (χ4v) is 5.21. The van der Waals surface area contributed by atoms with E-state index in [-0.39, 0.29) is 17.4 Å². The van der Waals surface area contributed by atoms with Gasteiger partial charge < -0.3 is 10.0 Å². The molecule has 2 aromatic rings. The van der Waals surface area contributed by atoms with Crippen LogP contribution in [0.2, 0.25) is 0 Å². The average Bonchev–Trinajstić information content (AvgIpc) is 3.19. The Kier molecular flexibility index (Phi) is 5.57. The summed E-state index contributed by atoms with van der Waals surface area (Å²) in [4.78, 5) is 21.6. The zero-order valence-electron chi connectivity index (χ0n) is 15.6. The van der Waals surface area contributed by atoms with Crippen molar-refractivity contribution in [2.24, 2.45) is 5.41 Å². The number of benzene rings is 1. The van der Waals surface area contributed by atoms with Crippen LogP contribution < -0.4 is 0 Å². The summed E-state index contributed by atoms with van der Waals surface area (Å²) >= 11 is 1.68. The van der Waals surface area contributed by atoms with E-state index < -0.39 is 0 Å². The van der Waals surface area contributed by atoms with Crippen molar-refractivity contribution in [2.75, 3.05) is 26.2 Å². The molecule has 0 unspecified atom stereocenters. The quantitative estimate of drug-likeness (QED) is 0.879. The van der Waals surface area contributed by atoms with Crippen LogP contribution in [0.3, 0.4) is 0 Å². The van der Waals surface area contributed by atoms with E-state index in [1.54, 1.807) is 11.3 Å². The van der Waals surface area contributed by atoms with Crippen LogP contribution in [0.25, 0.3) is 0 Å². The maximum absolute atomic E-state index is 12.9. The lowest BCUT2D eigenvalue weighted by molar-refractivity contribution is -0.140. The zero-order chi connectivity index (χ0) is 18.7. The topological polar surface area (TPSA) is 56.7 Å². The van der Waals surface area contributed by atoms with Gasteiger partial charge in [0.05, 0.1) is 19.1 Å². The Labute approximate surface area is 164 Å². The summed E-state index contributed by atoms with van der Waals surface area (Å²) in [5.41, 5.74) is 0.844. The Bertz CT molecular complexity index is 752. The van der Waals surface area contributed by atoms with Crippen molar-refractivity contribution in [3.8, 4) is 0 Å². The summed E-state index contributed by atoms with van der Waals surface area (Å²) in [6.07, 6.45) is 4.67. The molecule has 0 aliphatic carbocycles. The third-order valence-corrected chi connectivity index (χ3v) is 6.73. The van der Waals surface area contributed by atoms with Crippen molar-refractivity contribution >= 4 is 17.2 Å². The first kappa shape index (κ1) is 18.6. The maximum atomic E-state index is 12.9. The fourth-order valence-electron chi connectivity index (χ4n) is 4.55. The summed E-state index contributed by atoms with van der Waals surface area (Å²) < 4.78 is 0. The second kappa shape index (κ2) is 8.09. The highest BCUT2D eigenvalue weighted by Crippen LogP contribution is 2.39. The van der Waals surface area contributed by atoms with E-state index in [1.165, 1.54) is 0 Å². The van der Waals surface area contributed by atoms with Crippen LogP contribution in [0.15, 0.2) is 41.9 Å². The van der Waals surface area contributed by atoms with Gasteiger partial charge in [0.25, 0.3) is 0 Å². The molecular weight excluding hydrogens is 358 g/mol. The molecule has 2 fully saturated rings. The number of thiazole rings is 1. The Hall–Kier alpha value is -1.76. The van der Waals surface area contributed by atoms with E-state index in [0.717, 1.165) is 56.0 Å². The normalized spacial score (nSPS) is 26.4. The smallest absolute Gasteiger partial charge is 0.227 e. The van der Waals surface area contributed by atoms with Crippen LogP contribution in [0.1, 0.15) is 29.8 Å². The molecule has 144 valence electrons. The monoisotopic (exact) mass is 385 g/mol. The van der Waals surface area contributed by atoms with Crippen molar-refractivity contribution in [1.29, 1.82) is 0 Å². The van der Waals surface area contributed by atoms with Crippen molar-refractivity contribution in [3.63, 3.8) is 0 Å². The summed E-state index contributed by atoms with van der Waals surface area (Å²) in [5, 5.41) is 14.0. The van der Waals surface area contributed by atoms with Crippen molar-refractivity contribution in [3.05, 3.63) is 52.5 Å². The lowest BCUT2D eigenvalue weighted by Gasteiger charge is -2.51. The highest BCUT2D eigenvalue weighted by Gasteiger charge is 2.46. The van der Waals surface area contributed by atoms with Gasteiger partial charge in [0, 0.05) is 43.2 Å². The summed E-state index contributed by atoms with van der Waals surface area (Å²) in [7, 11) is 0. The van der Waals surface area contributed by atoms with Crippen LogP contribution in [0, 0.1) is 5.41 Å². The van der Waals surface area contributed by atoms with Gasteiger partial charge in [-0.3, -0.25) is 9.69 Å². The largest absolute Gasteiger partial charge is 0.392 e. The standard InChI is InChI=1S/C21H27N3O2S/c25-18-7-11-23(14-19-22-9-12-27-19)15-21(18)8-4-10-24(16-21)20(26)13-17-5-2-1-3-6-17/h1-3,5-6,9,12,18,25H,4,7-8,10-11,13-16H2/t18-,21-/m1/s1. The Morgan fingerprint density at radius 3 is 2.89 bits per heavy atom. The van der Waals surface area contributed by atoms with Crippen LogP contribution in [0.4, 0.5) is 0 Å². The zero-order valence-corrected chi connectivity index (χ0v) is 16.4. The Morgan fingerprint density at radius 2 is 2.11 bits per heavy atom.